The van der Waals surface area contributed by atoms with Gasteiger partial charge in [-0.05, 0) is 77.8 Å². The van der Waals surface area contributed by atoms with E-state index in [1.807, 2.05) is 0 Å². The summed E-state index contributed by atoms with van der Waals surface area (Å²) in [6, 6.07) is 0. The van der Waals surface area contributed by atoms with Crippen molar-refractivity contribution in [2.75, 3.05) is 39.3 Å². The molecule has 0 radical (unpaired) electrons. The van der Waals surface area contributed by atoms with Crippen LogP contribution in [0.15, 0.2) is 0 Å². The third-order valence-electron chi connectivity index (χ3n) is 10.2. The fourth-order valence-corrected chi connectivity index (χ4v) is 6.83. The Kier molecular flexibility index (Phi) is 47.9. The zero-order valence-corrected chi connectivity index (χ0v) is 34.5. The molecule has 0 aromatic heterocycles. The Hall–Kier alpha value is -0.0800. The average Bonchev–Trinajstić information content (AvgIpc) is 3.08. The van der Waals surface area contributed by atoms with Gasteiger partial charge in [0.1, 0.15) is 0 Å². The van der Waals surface area contributed by atoms with E-state index in [0.29, 0.717) is 0 Å². The second-order valence-corrected chi connectivity index (χ2v) is 15.2. The minimum atomic E-state index is 1.35. The number of nitrogens with zero attached hydrogens (tertiary/aromatic N) is 2. The maximum Gasteiger partial charge on any atom is -0.00187 e. The molecule has 0 bridgehead atoms. The van der Waals surface area contributed by atoms with Crippen LogP contribution in [0.2, 0.25) is 0 Å². The fourth-order valence-electron chi connectivity index (χ4n) is 6.83. The first-order valence-corrected chi connectivity index (χ1v) is 22.6. The summed E-state index contributed by atoms with van der Waals surface area (Å²) >= 11 is 0. The van der Waals surface area contributed by atoms with Crippen LogP contribution >= 0.6 is 0 Å². The van der Waals surface area contributed by atoms with E-state index in [-0.39, 0.29) is 0 Å². The summed E-state index contributed by atoms with van der Waals surface area (Å²) in [7, 11) is 0. The molecule has 0 N–H and O–H groups in total. The molecule has 0 aliphatic carbocycles. The van der Waals surface area contributed by atoms with Crippen LogP contribution in [0.4, 0.5) is 0 Å². The zero-order chi connectivity index (χ0) is 34.7. The van der Waals surface area contributed by atoms with E-state index in [9.17, 15) is 0 Å². The lowest BCUT2D eigenvalue weighted by Crippen LogP contribution is -2.27. The van der Waals surface area contributed by atoms with Gasteiger partial charge in [-0.1, -0.05) is 215 Å². The van der Waals surface area contributed by atoms with Crippen molar-refractivity contribution in [1.29, 1.82) is 0 Å². The summed E-state index contributed by atoms with van der Waals surface area (Å²) in [5.41, 5.74) is 0. The topological polar surface area (TPSA) is 6.48 Å². The smallest absolute Gasteiger partial charge is 0.00187 e. The first-order chi connectivity index (χ1) is 23.2. The Morgan fingerprint density at radius 3 is 0.447 bits per heavy atom. The minimum absolute atomic E-state index is 1.35. The molecule has 0 aromatic rings. The maximum absolute atomic E-state index is 2.79. The normalized spacial score (nSPS) is 11.5. The summed E-state index contributed by atoms with van der Waals surface area (Å²) in [4.78, 5) is 5.56. The predicted octanol–water partition coefficient (Wildman–Crippen LogP) is 15.6. The summed E-state index contributed by atoms with van der Waals surface area (Å²) in [5.74, 6) is 0. The third kappa shape index (κ3) is 43.9. The van der Waals surface area contributed by atoms with Crippen LogP contribution < -0.4 is 0 Å². The van der Waals surface area contributed by atoms with Gasteiger partial charge in [-0.25, -0.2) is 0 Å². The number of unbranched alkanes of at least 4 members (excludes halogenated alkanes) is 27. The lowest BCUT2D eigenvalue weighted by Gasteiger charge is -2.22. The summed E-state index contributed by atoms with van der Waals surface area (Å²) in [6.45, 7) is 22.0. The van der Waals surface area contributed by atoms with E-state index in [4.69, 9.17) is 0 Å². The Bertz CT molecular complexity index is 435. The van der Waals surface area contributed by atoms with E-state index in [0.717, 1.165) is 0 Å². The van der Waals surface area contributed by atoms with E-state index < -0.39 is 0 Å². The van der Waals surface area contributed by atoms with Crippen molar-refractivity contribution in [2.24, 2.45) is 0 Å². The van der Waals surface area contributed by atoms with Gasteiger partial charge < -0.3 is 9.80 Å². The first-order valence-electron chi connectivity index (χ1n) is 22.6. The van der Waals surface area contributed by atoms with Crippen LogP contribution in [0.1, 0.15) is 253 Å². The van der Waals surface area contributed by atoms with Gasteiger partial charge >= 0.3 is 0 Å². The lowest BCUT2D eigenvalue weighted by molar-refractivity contribution is 0.254. The quantitative estimate of drug-likeness (QED) is 0.0603. The zero-order valence-electron chi connectivity index (χ0n) is 34.5. The van der Waals surface area contributed by atoms with Gasteiger partial charge in [-0.3, -0.25) is 0 Å². The van der Waals surface area contributed by atoms with Gasteiger partial charge in [0, 0.05) is 0 Å². The molecule has 0 spiro atoms. The second-order valence-electron chi connectivity index (χ2n) is 15.2. The second kappa shape index (κ2) is 45.9. The van der Waals surface area contributed by atoms with Gasteiger partial charge in [0.15, 0.2) is 0 Å². The van der Waals surface area contributed by atoms with Gasteiger partial charge in [0.05, 0.1) is 0 Å². The molecule has 0 unspecified atom stereocenters. The lowest BCUT2D eigenvalue weighted by atomic mass is 10.1. The predicted molar refractivity (Wildman–Crippen MR) is 219 cm³/mol. The summed E-state index contributed by atoms with van der Waals surface area (Å²) in [5, 5.41) is 0. The molecule has 0 amide bonds. The monoisotopic (exact) mass is 665 g/mol. The number of hydrogen-bond acceptors (Lipinski definition) is 2. The first kappa shape index (κ1) is 49.0. The van der Waals surface area contributed by atoms with Crippen molar-refractivity contribution in [3.8, 4) is 0 Å². The number of hydrogen-bond donors (Lipinski definition) is 0. The summed E-state index contributed by atoms with van der Waals surface area (Å²) < 4.78 is 0. The van der Waals surface area contributed by atoms with Crippen molar-refractivity contribution in [3.05, 3.63) is 0 Å². The molecule has 0 saturated carbocycles. The van der Waals surface area contributed by atoms with E-state index >= 15 is 0 Å². The minimum Gasteiger partial charge on any atom is -0.303 e. The molecule has 2 nitrogen and oxygen atoms in total. The van der Waals surface area contributed by atoms with Crippen molar-refractivity contribution in [2.45, 2.75) is 253 Å². The highest BCUT2D eigenvalue weighted by atomic mass is 15.1. The molecular formula is C45H96N2. The Balaban J connectivity index is 0. The molecule has 0 aliphatic rings. The highest BCUT2D eigenvalue weighted by molar-refractivity contribution is 4.62. The summed E-state index contributed by atoms with van der Waals surface area (Å²) in [6.07, 6.45) is 47.0. The molecular weight excluding hydrogens is 569 g/mol. The van der Waals surface area contributed by atoms with Crippen LogP contribution in [0, 0.1) is 0 Å². The van der Waals surface area contributed by atoms with Crippen molar-refractivity contribution in [3.63, 3.8) is 0 Å². The largest absolute Gasteiger partial charge is 0.303 e. The van der Waals surface area contributed by atoms with Crippen molar-refractivity contribution >= 4 is 0 Å². The van der Waals surface area contributed by atoms with E-state index in [1.54, 1.807) is 0 Å². The van der Waals surface area contributed by atoms with Gasteiger partial charge in [-0.2, -0.15) is 0 Å². The van der Waals surface area contributed by atoms with Crippen LogP contribution in [0.3, 0.4) is 0 Å². The standard InChI is InChI=1S/C24H51N.C21H45N/c1-4-7-10-13-16-19-22-25(23-20-17-14-11-8-5-2)24-21-18-15-12-9-6-3;1-4-7-10-13-16-19-22(20-17-14-11-8-5-2)21-18-15-12-9-6-3/h4-24H2,1-3H3;4-21H2,1-3H3. The van der Waals surface area contributed by atoms with E-state index in [1.165, 1.54) is 251 Å². The molecule has 0 aromatic carbocycles. The van der Waals surface area contributed by atoms with Crippen LogP contribution in [-0.4, -0.2) is 49.1 Å². The molecule has 0 saturated heterocycles. The van der Waals surface area contributed by atoms with Crippen LogP contribution in [0.5, 0.6) is 0 Å². The molecule has 286 valence electrons. The molecule has 2 heteroatoms. The maximum atomic E-state index is 2.79. The molecule has 47 heavy (non-hydrogen) atoms. The fraction of sp³-hybridized carbons (Fsp3) is 1.00. The highest BCUT2D eigenvalue weighted by Crippen LogP contribution is 2.12. The average molecular weight is 665 g/mol. The van der Waals surface area contributed by atoms with E-state index in [2.05, 4.69) is 51.3 Å². The molecule has 0 heterocycles. The Labute approximate surface area is 301 Å². The third-order valence-corrected chi connectivity index (χ3v) is 10.2. The van der Waals surface area contributed by atoms with Crippen LogP contribution in [0.25, 0.3) is 0 Å². The number of rotatable bonds is 39. The van der Waals surface area contributed by atoms with Crippen molar-refractivity contribution < 1.29 is 0 Å². The van der Waals surface area contributed by atoms with Gasteiger partial charge in [0.2, 0.25) is 0 Å². The molecule has 0 fully saturated rings. The molecule has 0 rings (SSSR count). The molecule has 0 atom stereocenters. The SMILES string of the molecule is CCCCCCCCN(CCCCCCCC)CCCCCCCC.CCCCCCCN(CCCCCCC)CCCCCCC. The van der Waals surface area contributed by atoms with Crippen molar-refractivity contribution in [1.82, 2.24) is 9.80 Å². The Morgan fingerprint density at radius 2 is 0.298 bits per heavy atom. The van der Waals surface area contributed by atoms with Crippen LogP contribution in [-0.2, 0) is 0 Å². The highest BCUT2D eigenvalue weighted by Gasteiger charge is 2.06. The molecule has 0 aliphatic heterocycles. The van der Waals surface area contributed by atoms with Gasteiger partial charge in [-0.15, -0.1) is 0 Å². The van der Waals surface area contributed by atoms with Gasteiger partial charge in [0.25, 0.3) is 0 Å². The Morgan fingerprint density at radius 1 is 0.170 bits per heavy atom.